The predicted octanol–water partition coefficient (Wildman–Crippen LogP) is 7.83. The van der Waals surface area contributed by atoms with Crippen LogP contribution in [0, 0.1) is 34.5 Å². The summed E-state index contributed by atoms with van der Waals surface area (Å²) in [6, 6.07) is 8.86. The number of hydrogen-bond donors (Lipinski definition) is 0. The number of nitriles is 1. The molecule has 5 atom stereocenters. The lowest BCUT2D eigenvalue weighted by Crippen LogP contribution is -2.42. The first-order chi connectivity index (χ1) is 12.9. The first-order valence-corrected chi connectivity index (χ1v) is 11.1. The molecule has 0 bridgehead atoms. The molecule has 0 saturated heterocycles. The molecule has 0 aliphatic heterocycles. The van der Waals surface area contributed by atoms with Crippen molar-refractivity contribution >= 4 is 0 Å². The van der Waals surface area contributed by atoms with Gasteiger partial charge in [-0.25, -0.2) is 0 Å². The van der Waals surface area contributed by atoms with E-state index in [9.17, 15) is 5.26 Å². The largest absolute Gasteiger partial charge is 0.192 e. The summed E-state index contributed by atoms with van der Waals surface area (Å²) in [7, 11) is 0. The van der Waals surface area contributed by atoms with Crippen LogP contribution in [0.1, 0.15) is 102 Å². The maximum absolute atomic E-state index is 9.36. The molecule has 2 aliphatic rings. The van der Waals surface area contributed by atoms with Gasteiger partial charge < -0.3 is 0 Å². The van der Waals surface area contributed by atoms with Gasteiger partial charge in [0.1, 0.15) is 0 Å². The molecule has 0 heterocycles. The topological polar surface area (TPSA) is 23.8 Å². The van der Waals surface area contributed by atoms with Gasteiger partial charge in [-0.05, 0) is 83.9 Å². The average molecular weight is 366 g/mol. The second kappa shape index (κ2) is 9.09. The summed E-state index contributed by atoms with van der Waals surface area (Å²) in [6.07, 6.45) is 8.49. The predicted molar refractivity (Wildman–Crippen MR) is 117 cm³/mol. The molecule has 1 aromatic rings. The van der Waals surface area contributed by atoms with Gasteiger partial charge in [0.15, 0.2) is 0 Å². The van der Waals surface area contributed by atoms with Crippen LogP contribution in [0.25, 0.3) is 0 Å². The standard InChI is InChI=1S/C24H33N.C2H6/c1-6-23-22-14-18(12-16(3)4)21-13-17(15-25)8-9-19(21)20(22)10-11-24(23,5)7-2;1-2/h7-9,13,16,18,20,22-23H,2,6,10-12,14H2,1,3-5H3;1-2H3. The maximum atomic E-state index is 9.36. The fourth-order valence-corrected chi connectivity index (χ4v) is 5.96. The molecule has 27 heavy (non-hydrogen) atoms. The van der Waals surface area contributed by atoms with Gasteiger partial charge in [-0.15, -0.1) is 6.58 Å². The molecule has 0 radical (unpaired) electrons. The van der Waals surface area contributed by atoms with Crippen molar-refractivity contribution in [3.05, 3.63) is 47.5 Å². The van der Waals surface area contributed by atoms with E-state index in [4.69, 9.17) is 0 Å². The fourth-order valence-electron chi connectivity index (χ4n) is 5.96. The monoisotopic (exact) mass is 365 g/mol. The van der Waals surface area contributed by atoms with Crippen LogP contribution in [0.2, 0.25) is 0 Å². The van der Waals surface area contributed by atoms with Crippen LogP contribution >= 0.6 is 0 Å². The zero-order valence-electron chi connectivity index (χ0n) is 18.4. The first kappa shape index (κ1) is 21.7. The van der Waals surface area contributed by atoms with E-state index in [2.05, 4.69) is 58.6 Å². The average Bonchev–Trinajstić information content (AvgIpc) is 2.68. The van der Waals surface area contributed by atoms with Crippen molar-refractivity contribution in [2.24, 2.45) is 23.2 Å². The van der Waals surface area contributed by atoms with Crippen molar-refractivity contribution in [2.45, 2.75) is 85.5 Å². The molecular formula is C26H39N. The highest BCUT2D eigenvalue weighted by atomic mass is 14.5. The van der Waals surface area contributed by atoms with Gasteiger partial charge >= 0.3 is 0 Å². The Balaban J connectivity index is 0.00000126. The van der Waals surface area contributed by atoms with Crippen LogP contribution in [0.4, 0.5) is 0 Å². The second-order valence-electron chi connectivity index (χ2n) is 9.05. The van der Waals surface area contributed by atoms with Crippen molar-refractivity contribution in [1.29, 1.82) is 5.26 Å². The fraction of sp³-hybridized carbons (Fsp3) is 0.654. The van der Waals surface area contributed by atoms with Crippen molar-refractivity contribution in [2.75, 3.05) is 0 Å². The minimum atomic E-state index is 0.280. The molecule has 3 rings (SSSR count). The van der Waals surface area contributed by atoms with Gasteiger partial charge in [-0.1, -0.05) is 60.1 Å². The molecule has 0 aromatic heterocycles. The molecule has 1 saturated carbocycles. The highest BCUT2D eigenvalue weighted by molar-refractivity contribution is 5.44. The zero-order chi connectivity index (χ0) is 20.2. The third-order valence-electron chi connectivity index (χ3n) is 7.15. The minimum absolute atomic E-state index is 0.280. The molecular weight excluding hydrogens is 326 g/mol. The Labute approximate surface area is 167 Å². The van der Waals surface area contributed by atoms with Crippen molar-refractivity contribution < 1.29 is 0 Å². The summed E-state index contributed by atoms with van der Waals surface area (Å²) in [5.41, 5.74) is 4.13. The molecule has 0 spiro atoms. The van der Waals surface area contributed by atoms with E-state index in [0.29, 0.717) is 17.8 Å². The molecule has 0 N–H and O–H groups in total. The minimum Gasteiger partial charge on any atom is -0.192 e. The van der Waals surface area contributed by atoms with Crippen molar-refractivity contribution in [3.8, 4) is 6.07 Å². The highest BCUT2D eigenvalue weighted by Gasteiger charge is 2.47. The SMILES string of the molecule is C=CC1(C)CCC2c3ccc(C#N)cc3C(CC(C)C)CC2C1CC.CC. The molecule has 1 heteroatoms. The third kappa shape index (κ3) is 4.16. The quantitative estimate of drug-likeness (QED) is 0.499. The summed E-state index contributed by atoms with van der Waals surface area (Å²) in [6.45, 7) is 17.6. The zero-order valence-corrected chi connectivity index (χ0v) is 18.4. The summed E-state index contributed by atoms with van der Waals surface area (Å²) >= 11 is 0. The van der Waals surface area contributed by atoms with Crippen LogP contribution in [0.5, 0.6) is 0 Å². The lowest BCUT2D eigenvalue weighted by molar-refractivity contribution is 0.0574. The molecule has 1 nitrogen and oxygen atoms in total. The van der Waals surface area contributed by atoms with Gasteiger partial charge in [0.05, 0.1) is 11.6 Å². The normalized spacial score (nSPS) is 31.8. The Morgan fingerprint density at radius 1 is 1.30 bits per heavy atom. The number of benzene rings is 1. The van der Waals surface area contributed by atoms with Crippen LogP contribution in [-0.2, 0) is 0 Å². The first-order valence-electron chi connectivity index (χ1n) is 11.1. The number of rotatable bonds is 4. The van der Waals surface area contributed by atoms with Crippen molar-refractivity contribution in [3.63, 3.8) is 0 Å². The van der Waals surface area contributed by atoms with Crippen molar-refractivity contribution in [1.82, 2.24) is 0 Å². The molecule has 2 aliphatic carbocycles. The molecule has 1 aromatic carbocycles. The lowest BCUT2D eigenvalue weighted by atomic mass is 9.52. The Hall–Kier alpha value is -1.55. The van der Waals surface area contributed by atoms with Gasteiger partial charge in [0.2, 0.25) is 0 Å². The van der Waals surface area contributed by atoms with Crippen LogP contribution in [0.3, 0.4) is 0 Å². The maximum Gasteiger partial charge on any atom is 0.0991 e. The summed E-state index contributed by atoms with van der Waals surface area (Å²) in [5.74, 6) is 3.44. The van der Waals surface area contributed by atoms with Gasteiger partial charge in [0.25, 0.3) is 0 Å². The Morgan fingerprint density at radius 3 is 2.56 bits per heavy atom. The van der Waals surface area contributed by atoms with E-state index in [0.717, 1.165) is 17.4 Å². The van der Waals surface area contributed by atoms with Crippen LogP contribution in [-0.4, -0.2) is 0 Å². The van der Waals surface area contributed by atoms with E-state index in [1.807, 2.05) is 19.9 Å². The number of allylic oxidation sites excluding steroid dienone is 1. The molecule has 1 fully saturated rings. The van der Waals surface area contributed by atoms with E-state index in [-0.39, 0.29) is 5.41 Å². The second-order valence-corrected chi connectivity index (χ2v) is 9.05. The Morgan fingerprint density at radius 2 is 2.00 bits per heavy atom. The van der Waals surface area contributed by atoms with E-state index < -0.39 is 0 Å². The smallest absolute Gasteiger partial charge is 0.0991 e. The van der Waals surface area contributed by atoms with E-state index in [1.165, 1.54) is 37.7 Å². The van der Waals surface area contributed by atoms with Crippen LogP contribution in [0.15, 0.2) is 30.9 Å². The molecule has 148 valence electrons. The third-order valence-corrected chi connectivity index (χ3v) is 7.15. The van der Waals surface area contributed by atoms with Gasteiger partial charge in [0, 0.05) is 0 Å². The summed E-state index contributed by atoms with van der Waals surface area (Å²) in [4.78, 5) is 0. The van der Waals surface area contributed by atoms with Gasteiger partial charge in [-0.3, -0.25) is 0 Å². The lowest BCUT2D eigenvalue weighted by Gasteiger charge is -2.52. The molecule has 5 unspecified atom stereocenters. The summed E-state index contributed by atoms with van der Waals surface area (Å²) < 4.78 is 0. The summed E-state index contributed by atoms with van der Waals surface area (Å²) in [5, 5.41) is 9.36. The number of hydrogen-bond acceptors (Lipinski definition) is 1. The number of nitrogens with zero attached hydrogens (tertiary/aromatic N) is 1. The van der Waals surface area contributed by atoms with Crippen LogP contribution < -0.4 is 0 Å². The van der Waals surface area contributed by atoms with E-state index >= 15 is 0 Å². The number of fused-ring (bicyclic) bond motifs is 3. The highest BCUT2D eigenvalue weighted by Crippen LogP contribution is 2.59. The Kier molecular flexibility index (Phi) is 7.32. The molecule has 0 amide bonds. The Bertz CT molecular complexity index is 680. The van der Waals surface area contributed by atoms with E-state index in [1.54, 1.807) is 5.56 Å². The van der Waals surface area contributed by atoms with Gasteiger partial charge in [-0.2, -0.15) is 5.26 Å².